The average molecular weight is 400 g/mol. The molecule has 1 aromatic carbocycles. The van der Waals surface area contributed by atoms with Crippen LogP contribution in [0.1, 0.15) is 16.3 Å². The lowest BCUT2D eigenvalue weighted by Crippen LogP contribution is -2.15. The molecule has 0 spiro atoms. The van der Waals surface area contributed by atoms with Crippen molar-refractivity contribution in [1.82, 2.24) is 15.0 Å². The van der Waals surface area contributed by atoms with Crippen LogP contribution in [0, 0.1) is 0 Å². The first-order valence-electron chi connectivity index (χ1n) is 6.83. The summed E-state index contributed by atoms with van der Waals surface area (Å²) in [5, 5.41) is 0.0374. The molecule has 0 saturated carbocycles. The van der Waals surface area contributed by atoms with E-state index in [4.69, 9.17) is 45.3 Å². The highest BCUT2D eigenvalue weighted by molar-refractivity contribution is 6.46. The van der Waals surface area contributed by atoms with Crippen molar-refractivity contribution >= 4 is 57.4 Å². The lowest BCUT2D eigenvalue weighted by molar-refractivity contribution is 0.0455. The Hall–Kier alpha value is -2.35. The van der Waals surface area contributed by atoms with E-state index >= 15 is 0 Å². The second kappa shape index (κ2) is 6.87. The number of aromatic amines is 1. The molecule has 0 aliphatic heterocycles. The first kappa shape index (κ1) is 17.5. The van der Waals surface area contributed by atoms with Gasteiger partial charge in [0.15, 0.2) is 10.8 Å². The minimum Gasteiger partial charge on any atom is -0.453 e. The van der Waals surface area contributed by atoms with Gasteiger partial charge in [0.1, 0.15) is 17.5 Å². The lowest BCUT2D eigenvalue weighted by atomic mass is 10.2. The van der Waals surface area contributed by atoms with Gasteiger partial charge in [0, 0.05) is 0 Å². The van der Waals surface area contributed by atoms with Crippen molar-refractivity contribution < 1.29 is 9.53 Å². The third-order valence-electron chi connectivity index (χ3n) is 3.27. The summed E-state index contributed by atoms with van der Waals surface area (Å²) in [7, 11) is 0. The van der Waals surface area contributed by atoms with Crippen LogP contribution in [0.4, 0.5) is 5.69 Å². The number of para-hydroxylation sites is 1. The summed E-state index contributed by atoms with van der Waals surface area (Å²) in [6.45, 7) is -0.295. The number of esters is 1. The van der Waals surface area contributed by atoms with Crippen molar-refractivity contribution in [1.29, 1.82) is 0 Å². The summed E-state index contributed by atoms with van der Waals surface area (Å²) >= 11 is 17.5. The minimum atomic E-state index is -0.883. The van der Waals surface area contributed by atoms with Crippen LogP contribution in [0.3, 0.4) is 0 Å². The number of benzene rings is 1. The zero-order valence-electron chi connectivity index (χ0n) is 12.3. The first-order chi connectivity index (χ1) is 11.9. The fourth-order valence-electron chi connectivity index (χ4n) is 2.07. The number of aromatic nitrogens is 3. The quantitative estimate of drug-likeness (QED) is 0.517. The summed E-state index contributed by atoms with van der Waals surface area (Å²) in [4.78, 5) is 34.7. The zero-order chi connectivity index (χ0) is 18.1. The van der Waals surface area contributed by atoms with Crippen molar-refractivity contribution in [2.75, 3.05) is 5.73 Å². The predicted octanol–water partition coefficient (Wildman–Crippen LogP) is 3.22. The molecule has 2 heterocycles. The molecule has 3 N–H and O–H groups in total. The molecule has 3 aromatic rings. The van der Waals surface area contributed by atoms with Gasteiger partial charge in [-0.3, -0.25) is 4.79 Å². The molecule has 128 valence electrons. The molecule has 10 heteroatoms. The minimum absolute atomic E-state index is 0.0521. The number of rotatable bonds is 3. The van der Waals surface area contributed by atoms with Gasteiger partial charge in [0.25, 0.3) is 5.56 Å². The molecule has 0 saturated heterocycles. The van der Waals surface area contributed by atoms with E-state index in [1.165, 1.54) is 0 Å². The van der Waals surface area contributed by atoms with Crippen molar-refractivity contribution in [2.45, 2.75) is 6.61 Å². The number of H-pyrrole nitrogens is 1. The van der Waals surface area contributed by atoms with E-state index < -0.39 is 5.97 Å². The Kier molecular flexibility index (Phi) is 4.80. The molecule has 0 radical (unpaired) electrons. The zero-order valence-corrected chi connectivity index (χ0v) is 14.6. The van der Waals surface area contributed by atoms with Crippen molar-refractivity contribution in [2.24, 2.45) is 0 Å². The molecule has 0 unspecified atom stereocenters. The number of pyridine rings is 1. The van der Waals surface area contributed by atoms with Crippen LogP contribution in [0.15, 0.2) is 29.1 Å². The lowest BCUT2D eigenvalue weighted by Gasteiger charge is -2.09. The number of nitrogens with two attached hydrogens (primary N) is 1. The molecule has 0 fully saturated rings. The number of carbonyl (C=O) groups excluding carboxylic acids is 1. The van der Waals surface area contributed by atoms with Gasteiger partial charge in [-0.15, -0.1) is 0 Å². The molecule has 2 aromatic heterocycles. The second-order valence-electron chi connectivity index (χ2n) is 4.90. The van der Waals surface area contributed by atoms with Gasteiger partial charge in [-0.25, -0.2) is 14.8 Å². The highest BCUT2D eigenvalue weighted by Crippen LogP contribution is 2.34. The number of hydrogen-bond donors (Lipinski definition) is 2. The highest BCUT2D eigenvalue weighted by Gasteiger charge is 2.21. The highest BCUT2D eigenvalue weighted by atomic mass is 35.5. The van der Waals surface area contributed by atoms with E-state index in [1.807, 2.05) is 0 Å². The standard InChI is InChI=1S/C15H9Cl3N4O3/c16-9-11(19)10(17)13(18)22-12(9)15(24)25-5-8-20-7-4-2-1-3-6(7)14(23)21-8/h1-4H,5H2,(H2,19,22)(H,20,21,23). The van der Waals surface area contributed by atoms with E-state index in [2.05, 4.69) is 15.0 Å². The molecular formula is C15H9Cl3N4O3. The number of carbonyl (C=O) groups is 1. The smallest absolute Gasteiger partial charge is 0.359 e. The maximum Gasteiger partial charge on any atom is 0.359 e. The fourth-order valence-corrected chi connectivity index (χ4v) is 2.66. The van der Waals surface area contributed by atoms with E-state index in [0.717, 1.165) is 0 Å². The number of anilines is 1. The van der Waals surface area contributed by atoms with Gasteiger partial charge in [-0.1, -0.05) is 46.9 Å². The Balaban J connectivity index is 1.85. The molecule has 0 aliphatic rings. The summed E-state index contributed by atoms with van der Waals surface area (Å²) < 4.78 is 5.07. The number of nitrogen functional groups attached to an aromatic ring is 1. The number of nitrogens with zero attached hydrogens (tertiary/aromatic N) is 2. The molecule has 0 aliphatic carbocycles. The van der Waals surface area contributed by atoms with Gasteiger partial charge < -0.3 is 15.5 Å². The van der Waals surface area contributed by atoms with E-state index in [1.54, 1.807) is 24.3 Å². The maximum atomic E-state index is 12.2. The van der Waals surface area contributed by atoms with Crippen LogP contribution < -0.4 is 11.3 Å². The largest absolute Gasteiger partial charge is 0.453 e. The maximum absolute atomic E-state index is 12.2. The number of nitrogens with one attached hydrogen (secondary N) is 1. The molecule has 0 bridgehead atoms. The third-order valence-corrected chi connectivity index (χ3v) is 4.40. The third kappa shape index (κ3) is 3.39. The Bertz CT molecular complexity index is 1050. The molecule has 0 atom stereocenters. The molecule has 3 rings (SSSR count). The first-order valence-corrected chi connectivity index (χ1v) is 7.97. The summed E-state index contributed by atoms with van der Waals surface area (Å²) in [6, 6.07) is 6.78. The number of ether oxygens (including phenoxy) is 1. The van der Waals surface area contributed by atoms with Crippen LogP contribution in [0.2, 0.25) is 15.2 Å². The van der Waals surface area contributed by atoms with Crippen LogP contribution >= 0.6 is 34.8 Å². The van der Waals surface area contributed by atoms with E-state index in [0.29, 0.717) is 10.9 Å². The van der Waals surface area contributed by atoms with Gasteiger partial charge >= 0.3 is 5.97 Å². The van der Waals surface area contributed by atoms with Crippen LogP contribution in [-0.2, 0) is 11.3 Å². The number of fused-ring (bicyclic) bond motifs is 1. The van der Waals surface area contributed by atoms with Gasteiger partial charge in [-0.2, -0.15) is 0 Å². The molecular weight excluding hydrogens is 391 g/mol. The van der Waals surface area contributed by atoms with Crippen LogP contribution in [0.25, 0.3) is 10.9 Å². The molecule has 0 amide bonds. The summed E-state index contributed by atoms with van der Waals surface area (Å²) in [6.07, 6.45) is 0. The van der Waals surface area contributed by atoms with E-state index in [9.17, 15) is 9.59 Å². The fraction of sp³-hybridized carbons (Fsp3) is 0.0667. The summed E-state index contributed by atoms with van der Waals surface area (Å²) in [5.41, 5.74) is 5.44. The van der Waals surface area contributed by atoms with Gasteiger partial charge in [-0.05, 0) is 12.1 Å². The Morgan fingerprint density at radius 1 is 1.16 bits per heavy atom. The van der Waals surface area contributed by atoms with Crippen molar-refractivity contribution in [3.8, 4) is 0 Å². The Labute approximate surface area is 155 Å². The SMILES string of the molecule is Nc1c(Cl)c(Cl)nc(C(=O)OCc2nc3ccccc3c(=O)[nH]2)c1Cl. The van der Waals surface area contributed by atoms with Crippen molar-refractivity contribution in [3.63, 3.8) is 0 Å². The second-order valence-corrected chi connectivity index (χ2v) is 6.01. The van der Waals surface area contributed by atoms with Crippen LogP contribution in [-0.4, -0.2) is 20.9 Å². The van der Waals surface area contributed by atoms with Gasteiger partial charge in [0.05, 0.1) is 21.6 Å². The van der Waals surface area contributed by atoms with Crippen molar-refractivity contribution in [3.05, 3.63) is 61.3 Å². The van der Waals surface area contributed by atoms with E-state index in [-0.39, 0.29) is 44.6 Å². The Morgan fingerprint density at radius 2 is 1.88 bits per heavy atom. The van der Waals surface area contributed by atoms with Crippen LogP contribution in [0.5, 0.6) is 0 Å². The average Bonchev–Trinajstić information content (AvgIpc) is 2.61. The predicted molar refractivity (Wildman–Crippen MR) is 95.2 cm³/mol. The molecule has 7 nitrogen and oxygen atoms in total. The number of halogens is 3. The number of hydrogen-bond acceptors (Lipinski definition) is 6. The monoisotopic (exact) mass is 398 g/mol. The normalized spacial score (nSPS) is 10.8. The topological polar surface area (TPSA) is 111 Å². The summed E-state index contributed by atoms with van der Waals surface area (Å²) in [5.74, 6) is -0.715. The van der Waals surface area contributed by atoms with Gasteiger partial charge in [0.2, 0.25) is 0 Å². The molecule has 25 heavy (non-hydrogen) atoms. The Morgan fingerprint density at radius 3 is 2.64 bits per heavy atom.